The molecule has 0 spiro atoms. The van der Waals surface area contributed by atoms with E-state index < -0.39 is 5.54 Å². The van der Waals surface area contributed by atoms with Crippen molar-refractivity contribution in [3.63, 3.8) is 0 Å². The van der Waals surface area contributed by atoms with Crippen molar-refractivity contribution in [2.75, 3.05) is 46.0 Å². The quantitative estimate of drug-likeness (QED) is 0.550. The first kappa shape index (κ1) is 15.4. The highest BCUT2D eigenvalue weighted by molar-refractivity contribution is 5.76. The highest BCUT2D eigenvalue weighted by atomic mass is 16.3. The first-order chi connectivity index (χ1) is 8.63. The van der Waals surface area contributed by atoms with E-state index >= 15 is 0 Å². The molecule has 3 N–H and O–H groups in total. The maximum atomic E-state index is 11.7. The third-order valence-corrected chi connectivity index (χ3v) is 3.65. The molecule has 1 fully saturated rings. The molecule has 1 amide bonds. The normalized spacial score (nSPS) is 18.1. The SMILES string of the molecule is CCCC(=O)N1CCN(C(CO)(CO)CO)CC1. The maximum Gasteiger partial charge on any atom is 0.222 e. The molecule has 1 aliphatic heterocycles. The molecule has 6 nitrogen and oxygen atoms in total. The van der Waals surface area contributed by atoms with Crippen LogP contribution in [-0.2, 0) is 4.79 Å². The number of rotatable bonds is 6. The van der Waals surface area contributed by atoms with Crippen LogP contribution in [-0.4, -0.2) is 82.6 Å². The van der Waals surface area contributed by atoms with Crippen LogP contribution in [0.1, 0.15) is 19.8 Å². The van der Waals surface area contributed by atoms with Crippen LogP contribution < -0.4 is 0 Å². The summed E-state index contributed by atoms with van der Waals surface area (Å²) in [7, 11) is 0. The van der Waals surface area contributed by atoms with Gasteiger partial charge in [-0.3, -0.25) is 9.69 Å². The molecular formula is C12H24N2O4. The zero-order valence-electron chi connectivity index (χ0n) is 11.0. The van der Waals surface area contributed by atoms with Crippen molar-refractivity contribution in [1.82, 2.24) is 9.80 Å². The Morgan fingerprint density at radius 1 is 1.06 bits per heavy atom. The lowest BCUT2D eigenvalue weighted by Crippen LogP contribution is -2.63. The fourth-order valence-electron chi connectivity index (χ4n) is 2.25. The Bertz CT molecular complexity index is 253. The van der Waals surface area contributed by atoms with E-state index in [1.807, 2.05) is 11.8 Å². The van der Waals surface area contributed by atoms with Crippen LogP contribution in [0.5, 0.6) is 0 Å². The van der Waals surface area contributed by atoms with Gasteiger partial charge in [-0.15, -0.1) is 0 Å². The molecule has 0 aromatic carbocycles. The lowest BCUT2D eigenvalue weighted by atomic mass is 9.99. The van der Waals surface area contributed by atoms with E-state index in [-0.39, 0.29) is 25.7 Å². The number of piperazine rings is 1. The van der Waals surface area contributed by atoms with E-state index in [0.29, 0.717) is 32.6 Å². The molecule has 0 aliphatic carbocycles. The molecule has 1 aliphatic rings. The molecule has 0 radical (unpaired) electrons. The molecule has 18 heavy (non-hydrogen) atoms. The van der Waals surface area contributed by atoms with Crippen LogP contribution in [0.15, 0.2) is 0 Å². The Labute approximate surface area is 108 Å². The van der Waals surface area contributed by atoms with Gasteiger partial charge < -0.3 is 20.2 Å². The second kappa shape index (κ2) is 7.04. The summed E-state index contributed by atoms with van der Waals surface area (Å²) in [6.45, 7) is 3.41. The van der Waals surface area contributed by atoms with Gasteiger partial charge in [-0.25, -0.2) is 0 Å². The van der Waals surface area contributed by atoms with E-state index in [9.17, 15) is 20.1 Å². The van der Waals surface area contributed by atoms with Crippen LogP contribution in [0.3, 0.4) is 0 Å². The summed E-state index contributed by atoms with van der Waals surface area (Å²) < 4.78 is 0. The van der Waals surface area contributed by atoms with Crippen molar-refractivity contribution >= 4 is 5.91 Å². The van der Waals surface area contributed by atoms with Gasteiger partial charge in [0.2, 0.25) is 5.91 Å². The van der Waals surface area contributed by atoms with Crippen molar-refractivity contribution in [1.29, 1.82) is 0 Å². The fraction of sp³-hybridized carbons (Fsp3) is 0.917. The van der Waals surface area contributed by atoms with Gasteiger partial charge >= 0.3 is 0 Å². The highest BCUT2D eigenvalue weighted by Crippen LogP contribution is 2.17. The molecule has 1 rings (SSSR count). The van der Waals surface area contributed by atoms with Crippen LogP contribution >= 0.6 is 0 Å². The van der Waals surface area contributed by atoms with Gasteiger partial charge in [0.1, 0.15) is 0 Å². The number of amides is 1. The number of hydrogen-bond acceptors (Lipinski definition) is 5. The molecule has 0 saturated carbocycles. The molecule has 0 unspecified atom stereocenters. The number of aliphatic hydroxyl groups excluding tert-OH is 3. The summed E-state index contributed by atoms with van der Waals surface area (Å²) in [5.41, 5.74) is -0.972. The highest BCUT2D eigenvalue weighted by Gasteiger charge is 2.37. The fourth-order valence-corrected chi connectivity index (χ4v) is 2.25. The van der Waals surface area contributed by atoms with Crippen molar-refractivity contribution < 1.29 is 20.1 Å². The van der Waals surface area contributed by atoms with Crippen LogP contribution in [0.2, 0.25) is 0 Å². The summed E-state index contributed by atoms with van der Waals surface area (Å²) in [5, 5.41) is 28.0. The van der Waals surface area contributed by atoms with Crippen molar-refractivity contribution in [2.45, 2.75) is 25.3 Å². The van der Waals surface area contributed by atoms with Gasteiger partial charge in [-0.05, 0) is 6.42 Å². The summed E-state index contributed by atoms with van der Waals surface area (Å²) >= 11 is 0. The third-order valence-electron chi connectivity index (χ3n) is 3.65. The van der Waals surface area contributed by atoms with Gasteiger partial charge in [-0.2, -0.15) is 0 Å². The van der Waals surface area contributed by atoms with E-state index in [1.165, 1.54) is 0 Å². The predicted octanol–water partition coefficient (Wildman–Crippen LogP) is -1.35. The van der Waals surface area contributed by atoms with Crippen LogP contribution in [0.4, 0.5) is 0 Å². The Morgan fingerprint density at radius 3 is 1.94 bits per heavy atom. The Morgan fingerprint density at radius 2 is 1.56 bits per heavy atom. The summed E-state index contributed by atoms with van der Waals surface area (Å²) in [6.07, 6.45) is 1.40. The van der Waals surface area contributed by atoms with E-state index in [1.54, 1.807) is 4.90 Å². The Hall–Kier alpha value is -0.690. The van der Waals surface area contributed by atoms with Crippen LogP contribution in [0.25, 0.3) is 0 Å². The number of aliphatic hydroxyl groups is 3. The first-order valence-electron chi connectivity index (χ1n) is 6.49. The summed E-state index contributed by atoms with van der Waals surface area (Å²) in [4.78, 5) is 15.4. The third kappa shape index (κ3) is 3.20. The van der Waals surface area contributed by atoms with Crippen molar-refractivity contribution in [3.8, 4) is 0 Å². The molecule has 6 heteroatoms. The standard InChI is InChI=1S/C12H24N2O4/c1-2-3-11(18)13-4-6-14(7-5-13)12(8-15,9-16)10-17/h15-17H,2-10H2,1H3. The summed E-state index contributed by atoms with van der Waals surface area (Å²) in [6, 6.07) is 0. The zero-order valence-corrected chi connectivity index (χ0v) is 11.0. The average molecular weight is 260 g/mol. The van der Waals surface area contributed by atoms with Crippen molar-refractivity contribution in [3.05, 3.63) is 0 Å². The molecule has 0 aromatic heterocycles. The number of carbonyl (C=O) groups excluding carboxylic acids is 1. The number of carbonyl (C=O) groups is 1. The van der Waals surface area contributed by atoms with E-state index in [2.05, 4.69) is 0 Å². The molecule has 1 heterocycles. The minimum Gasteiger partial charge on any atom is -0.394 e. The largest absolute Gasteiger partial charge is 0.394 e. The summed E-state index contributed by atoms with van der Waals surface area (Å²) in [5.74, 6) is 0.153. The zero-order chi connectivity index (χ0) is 13.6. The van der Waals surface area contributed by atoms with Gasteiger partial charge in [0.15, 0.2) is 0 Å². The number of hydrogen-bond donors (Lipinski definition) is 3. The van der Waals surface area contributed by atoms with Crippen molar-refractivity contribution in [2.24, 2.45) is 0 Å². The molecular weight excluding hydrogens is 236 g/mol. The van der Waals surface area contributed by atoms with E-state index in [4.69, 9.17) is 0 Å². The second-order valence-electron chi connectivity index (χ2n) is 4.82. The Kier molecular flexibility index (Phi) is 6.01. The predicted molar refractivity (Wildman–Crippen MR) is 67.0 cm³/mol. The van der Waals surface area contributed by atoms with Gasteiger partial charge in [-0.1, -0.05) is 6.92 Å². The Balaban J connectivity index is 2.55. The minimum absolute atomic E-state index is 0.153. The average Bonchev–Trinajstić information content (AvgIpc) is 2.42. The van der Waals surface area contributed by atoms with E-state index in [0.717, 1.165) is 6.42 Å². The van der Waals surface area contributed by atoms with Gasteiger partial charge in [0.25, 0.3) is 0 Å². The molecule has 106 valence electrons. The molecule has 0 aromatic rings. The lowest BCUT2D eigenvalue weighted by Gasteiger charge is -2.45. The topological polar surface area (TPSA) is 84.2 Å². The van der Waals surface area contributed by atoms with Gasteiger partial charge in [0, 0.05) is 32.6 Å². The number of nitrogens with zero attached hydrogens (tertiary/aromatic N) is 2. The lowest BCUT2D eigenvalue weighted by molar-refractivity contribution is -0.135. The van der Waals surface area contributed by atoms with Crippen LogP contribution in [0, 0.1) is 0 Å². The molecule has 0 atom stereocenters. The smallest absolute Gasteiger partial charge is 0.222 e. The first-order valence-corrected chi connectivity index (χ1v) is 6.49. The molecule has 1 saturated heterocycles. The maximum absolute atomic E-state index is 11.7. The van der Waals surface area contributed by atoms with Gasteiger partial charge in [0.05, 0.1) is 25.4 Å². The molecule has 0 bridgehead atoms. The minimum atomic E-state index is -0.972. The monoisotopic (exact) mass is 260 g/mol. The second-order valence-corrected chi connectivity index (χ2v) is 4.82.